The van der Waals surface area contributed by atoms with Crippen LogP contribution in [0.15, 0.2) is 174 Å². The zero-order valence-electron chi connectivity index (χ0n) is 26.6. The van der Waals surface area contributed by atoms with Crippen LogP contribution in [0.5, 0.6) is 0 Å². The molecule has 1 nitrogen and oxygen atoms in total. The molecule has 0 saturated carbocycles. The van der Waals surface area contributed by atoms with Crippen molar-refractivity contribution in [1.82, 2.24) is 0 Å². The minimum absolute atomic E-state index is 0.917. The molecule has 0 fully saturated rings. The topological polar surface area (TPSA) is 13.1 Å². The van der Waals surface area contributed by atoms with Crippen LogP contribution in [0.1, 0.15) is 0 Å². The second-order valence-corrected chi connectivity index (χ2v) is 13.2. The van der Waals surface area contributed by atoms with Gasteiger partial charge in [-0.15, -0.1) is 0 Å². The molecule has 226 valence electrons. The van der Waals surface area contributed by atoms with Crippen molar-refractivity contribution in [2.24, 2.45) is 0 Å². The average molecular weight is 621 g/mol. The van der Waals surface area contributed by atoms with Gasteiger partial charge in [0.05, 0.1) is 0 Å². The maximum absolute atomic E-state index is 7.06. The molecule has 0 unspecified atom stereocenters. The second kappa shape index (κ2) is 10.0. The van der Waals surface area contributed by atoms with Gasteiger partial charge in [0.25, 0.3) is 0 Å². The molecule has 11 rings (SSSR count). The third kappa shape index (κ3) is 3.82. The lowest BCUT2D eigenvalue weighted by Gasteiger charge is -2.15. The Morgan fingerprint density at radius 1 is 0.265 bits per heavy atom. The summed E-state index contributed by atoms with van der Waals surface area (Å²) >= 11 is 0. The smallest absolute Gasteiger partial charge is 0.143 e. The van der Waals surface area contributed by atoms with Crippen LogP contribution < -0.4 is 0 Å². The number of benzene rings is 10. The quantitative estimate of drug-likeness (QED) is 0.179. The lowest BCUT2D eigenvalue weighted by Crippen LogP contribution is -1.88. The highest BCUT2D eigenvalue weighted by Crippen LogP contribution is 2.46. The molecule has 0 atom stereocenters. The molecule has 0 radical (unpaired) electrons. The normalized spacial score (nSPS) is 12.1. The van der Waals surface area contributed by atoms with E-state index in [4.69, 9.17) is 4.42 Å². The predicted octanol–water partition coefficient (Wildman–Crippen LogP) is 13.8. The fourth-order valence-electron chi connectivity index (χ4n) is 8.36. The summed E-state index contributed by atoms with van der Waals surface area (Å²) in [5.41, 5.74) is 8.80. The lowest BCUT2D eigenvalue weighted by molar-refractivity contribution is 0.671. The van der Waals surface area contributed by atoms with Crippen LogP contribution >= 0.6 is 0 Å². The van der Waals surface area contributed by atoms with Crippen molar-refractivity contribution < 1.29 is 4.42 Å². The van der Waals surface area contributed by atoms with E-state index >= 15 is 0 Å². The zero-order chi connectivity index (χ0) is 32.1. The van der Waals surface area contributed by atoms with E-state index in [1.54, 1.807) is 0 Å². The van der Waals surface area contributed by atoms with E-state index in [-0.39, 0.29) is 0 Å². The fraction of sp³-hybridized carbons (Fsp3) is 0. The van der Waals surface area contributed by atoms with Crippen molar-refractivity contribution >= 4 is 75.8 Å². The molecule has 0 amide bonds. The first-order chi connectivity index (χ1) is 24.3. The highest BCUT2D eigenvalue weighted by molar-refractivity contribution is 6.26. The minimum atomic E-state index is 0.917. The number of furan rings is 1. The maximum Gasteiger partial charge on any atom is 0.143 e. The number of hydrogen-bond acceptors (Lipinski definition) is 1. The molecule has 0 bridgehead atoms. The monoisotopic (exact) mass is 620 g/mol. The van der Waals surface area contributed by atoms with E-state index in [1.165, 1.54) is 70.6 Å². The van der Waals surface area contributed by atoms with Crippen molar-refractivity contribution in [2.75, 3.05) is 0 Å². The molecule has 0 spiro atoms. The summed E-state index contributed by atoms with van der Waals surface area (Å²) in [6.07, 6.45) is 0. The molecular weight excluding hydrogens is 593 g/mol. The second-order valence-electron chi connectivity index (χ2n) is 13.2. The summed E-state index contributed by atoms with van der Waals surface area (Å²) in [5, 5.41) is 15.0. The molecule has 11 aromatic rings. The first-order valence-corrected chi connectivity index (χ1v) is 16.9. The Morgan fingerprint density at radius 3 is 1.76 bits per heavy atom. The fourth-order valence-corrected chi connectivity index (χ4v) is 8.36. The molecule has 1 aromatic heterocycles. The zero-order valence-corrected chi connectivity index (χ0v) is 26.6. The number of fused-ring (bicyclic) bond motifs is 6. The Balaban J connectivity index is 1.23. The molecule has 0 N–H and O–H groups in total. The molecule has 1 heterocycles. The molecule has 0 aliphatic rings. The Hall–Kier alpha value is -6.44. The van der Waals surface area contributed by atoms with Gasteiger partial charge in [-0.05, 0) is 94.3 Å². The van der Waals surface area contributed by atoms with Gasteiger partial charge in [-0.1, -0.05) is 152 Å². The molecule has 0 aliphatic heterocycles. The van der Waals surface area contributed by atoms with Gasteiger partial charge in [-0.3, -0.25) is 0 Å². The standard InChI is InChI=1S/C48H28O/c1-2-10-29(11-3-1)42-27-34(36-24-22-32-21-20-30-13-8-14-31-23-25-39(36)46(32)45(30)31)28-44-41-19-9-18-40(47(41)49-48(42)44)43-26-33-12-4-5-15-35(33)37-16-6-7-17-38(37)43/h1-28H. The van der Waals surface area contributed by atoms with Gasteiger partial charge in [0.1, 0.15) is 11.2 Å². The largest absolute Gasteiger partial charge is 0.455 e. The summed E-state index contributed by atoms with van der Waals surface area (Å²) in [6.45, 7) is 0. The molecule has 0 aliphatic carbocycles. The highest BCUT2D eigenvalue weighted by Gasteiger charge is 2.20. The third-order valence-electron chi connectivity index (χ3n) is 10.6. The number of rotatable bonds is 3. The van der Waals surface area contributed by atoms with Gasteiger partial charge >= 0.3 is 0 Å². The summed E-state index contributed by atoms with van der Waals surface area (Å²) in [5.74, 6) is 0. The summed E-state index contributed by atoms with van der Waals surface area (Å²) in [4.78, 5) is 0. The Kier molecular flexibility index (Phi) is 5.45. The number of hydrogen-bond donors (Lipinski definition) is 0. The average Bonchev–Trinajstić information content (AvgIpc) is 3.55. The predicted molar refractivity (Wildman–Crippen MR) is 209 cm³/mol. The molecular formula is C48H28O. The van der Waals surface area contributed by atoms with E-state index in [9.17, 15) is 0 Å². The molecule has 0 saturated heterocycles. The van der Waals surface area contributed by atoms with E-state index in [1.807, 2.05) is 0 Å². The van der Waals surface area contributed by atoms with Crippen LogP contribution in [0.25, 0.3) is 109 Å². The van der Waals surface area contributed by atoms with Gasteiger partial charge in [-0.25, -0.2) is 0 Å². The Morgan fingerprint density at radius 2 is 0.898 bits per heavy atom. The van der Waals surface area contributed by atoms with Crippen LogP contribution in [0.3, 0.4) is 0 Å². The van der Waals surface area contributed by atoms with Crippen molar-refractivity contribution in [2.45, 2.75) is 0 Å². The minimum Gasteiger partial charge on any atom is -0.455 e. The maximum atomic E-state index is 7.06. The molecule has 10 aromatic carbocycles. The number of para-hydroxylation sites is 1. The Labute approximate surface area is 282 Å². The first kappa shape index (κ1) is 26.6. The molecule has 49 heavy (non-hydrogen) atoms. The lowest BCUT2D eigenvalue weighted by atomic mass is 9.88. The SMILES string of the molecule is c1ccc(-c2cc(-c3ccc4ccc5cccc6ccc3c4c56)cc3c2oc2c(-c4cc5ccccc5c5ccccc45)cccc23)cc1. The molecule has 1 heteroatoms. The van der Waals surface area contributed by atoms with Gasteiger partial charge in [0, 0.05) is 21.9 Å². The first-order valence-electron chi connectivity index (χ1n) is 16.9. The van der Waals surface area contributed by atoms with Crippen LogP contribution in [-0.2, 0) is 0 Å². The van der Waals surface area contributed by atoms with Gasteiger partial charge in [0.2, 0.25) is 0 Å². The van der Waals surface area contributed by atoms with E-state index < -0.39 is 0 Å². The van der Waals surface area contributed by atoms with Gasteiger partial charge in [0.15, 0.2) is 0 Å². The summed E-state index contributed by atoms with van der Waals surface area (Å²) in [6, 6.07) is 62.0. The van der Waals surface area contributed by atoms with Gasteiger partial charge < -0.3 is 4.42 Å². The highest BCUT2D eigenvalue weighted by atomic mass is 16.3. The van der Waals surface area contributed by atoms with Crippen molar-refractivity contribution in [3.05, 3.63) is 170 Å². The summed E-state index contributed by atoms with van der Waals surface area (Å²) in [7, 11) is 0. The van der Waals surface area contributed by atoms with Crippen LogP contribution in [0, 0.1) is 0 Å². The van der Waals surface area contributed by atoms with Crippen LogP contribution in [0.4, 0.5) is 0 Å². The van der Waals surface area contributed by atoms with E-state index in [0.717, 1.165) is 38.6 Å². The van der Waals surface area contributed by atoms with Crippen molar-refractivity contribution in [3.8, 4) is 33.4 Å². The van der Waals surface area contributed by atoms with E-state index in [2.05, 4.69) is 170 Å². The Bertz CT molecular complexity index is 3070. The van der Waals surface area contributed by atoms with Gasteiger partial charge in [-0.2, -0.15) is 0 Å². The van der Waals surface area contributed by atoms with Crippen LogP contribution in [0.2, 0.25) is 0 Å². The summed E-state index contributed by atoms with van der Waals surface area (Å²) < 4.78 is 7.06. The van der Waals surface area contributed by atoms with E-state index in [0.29, 0.717) is 0 Å². The van der Waals surface area contributed by atoms with Crippen LogP contribution in [-0.4, -0.2) is 0 Å². The third-order valence-corrected chi connectivity index (χ3v) is 10.6. The van der Waals surface area contributed by atoms with Crippen molar-refractivity contribution in [1.29, 1.82) is 0 Å². The van der Waals surface area contributed by atoms with Crippen molar-refractivity contribution in [3.63, 3.8) is 0 Å².